The molecule has 0 radical (unpaired) electrons. The summed E-state index contributed by atoms with van der Waals surface area (Å²) >= 11 is 0. The van der Waals surface area contributed by atoms with E-state index in [1.807, 2.05) is 0 Å². The van der Waals surface area contributed by atoms with E-state index < -0.39 is 0 Å². The van der Waals surface area contributed by atoms with Crippen molar-refractivity contribution in [3.8, 4) is 11.5 Å². The molecule has 0 saturated heterocycles. The number of nitrogens with two attached hydrogens (primary N) is 1. The molecule has 0 spiro atoms. The number of aromatic hydroxyl groups is 2. The molecule has 18 heavy (non-hydrogen) atoms. The number of carbonyl (C=O) groups excluding carboxylic acids is 1. The number of amides is 1. The first-order valence-corrected chi connectivity index (χ1v) is 5.72. The van der Waals surface area contributed by atoms with Crippen LogP contribution in [0.3, 0.4) is 0 Å². The molecule has 0 aromatic heterocycles. The lowest BCUT2D eigenvalue weighted by Crippen LogP contribution is -2.25. The number of phenolic OH excluding ortho intramolecular Hbond substituents is 2. The zero-order valence-electron chi connectivity index (χ0n) is 10.1. The van der Waals surface area contributed by atoms with Gasteiger partial charge in [-0.3, -0.25) is 4.79 Å². The quantitative estimate of drug-likeness (QED) is 0.520. The molecule has 5 N–H and O–H groups in total. The van der Waals surface area contributed by atoms with Gasteiger partial charge in [0.2, 0.25) is 0 Å². The highest BCUT2D eigenvalue weighted by atomic mass is 16.5. The van der Waals surface area contributed by atoms with Gasteiger partial charge >= 0.3 is 0 Å². The van der Waals surface area contributed by atoms with Gasteiger partial charge in [-0.15, -0.1) is 0 Å². The Hall–Kier alpha value is -1.79. The fraction of sp³-hybridized carbons (Fsp3) is 0.417. The third kappa shape index (κ3) is 5.03. The minimum atomic E-state index is -0.347. The van der Waals surface area contributed by atoms with Gasteiger partial charge < -0.3 is 26.0 Å². The van der Waals surface area contributed by atoms with Gasteiger partial charge in [0.05, 0.1) is 6.61 Å². The van der Waals surface area contributed by atoms with Crippen molar-refractivity contribution in [1.82, 2.24) is 5.32 Å². The van der Waals surface area contributed by atoms with E-state index in [2.05, 4.69) is 5.32 Å². The molecule has 100 valence electrons. The fourth-order valence-electron chi connectivity index (χ4n) is 1.39. The number of hydrogen-bond donors (Lipinski definition) is 4. The Labute approximate surface area is 105 Å². The Kier molecular flexibility index (Phi) is 5.96. The largest absolute Gasteiger partial charge is 0.508 e. The van der Waals surface area contributed by atoms with Crippen LogP contribution in [0, 0.1) is 0 Å². The monoisotopic (exact) mass is 254 g/mol. The lowest BCUT2D eigenvalue weighted by atomic mass is 10.2. The van der Waals surface area contributed by atoms with Crippen molar-refractivity contribution < 1.29 is 19.7 Å². The van der Waals surface area contributed by atoms with Crippen molar-refractivity contribution in [2.75, 3.05) is 26.3 Å². The maximum Gasteiger partial charge on any atom is 0.251 e. The van der Waals surface area contributed by atoms with E-state index in [1.54, 1.807) is 0 Å². The highest BCUT2D eigenvalue weighted by Gasteiger charge is 2.07. The number of ether oxygens (including phenoxy) is 1. The van der Waals surface area contributed by atoms with E-state index in [4.69, 9.17) is 10.5 Å². The van der Waals surface area contributed by atoms with Crippen LogP contribution in [-0.2, 0) is 4.74 Å². The average Bonchev–Trinajstić information content (AvgIpc) is 2.32. The van der Waals surface area contributed by atoms with Crippen LogP contribution in [0.15, 0.2) is 18.2 Å². The molecule has 0 aliphatic rings. The number of rotatable bonds is 7. The minimum absolute atomic E-state index is 0.147. The summed E-state index contributed by atoms with van der Waals surface area (Å²) in [5.41, 5.74) is 5.47. The van der Waals surface area contributed by atoms with Gasteiger partial charge in [-0.25, -0.2) is 0 Å². The Morgan fingerprint density at radius 2 is 1.89 bits per heavy atom. The van der Waals surface area contributed by atoms with Crippen LogP contribution in [0.25, 0.3) is 0 Å². The van der Waals surface area contributed by atoms with E-state index in [0.717, 1.165) is 6.07 Å². The summed E-state index contributed by atoms with van der Waals surface area (Å²) in [7, 11) is 0. The lowest BCUT2D eigenvalue weighted by molar-refractivity contribution is 0.0942. The minimum Gasteiger partial charge on any atom is -0.508 e. The summed E-state index contributed by atoms with van der Waals surface area (Å²) in [6, 6.07) is 3.75. The molecule has 1 rings (SSSR count). The highest BCUT2D eigenvalue weighted by Crippen LogP contribution is 2.20. The van der Waals surface area contributed by atoms with Gasteiger partial charge in [0, 0.05) is 31.3 Å². The third-order valence-electron chi connectivity index (χ3n) is 2.18. The third-order valence-corrected chi connectivity index (χ3v) is 2.18. The summed E-state index contributed by atoms with van der Waals surface area (Å²) in [5, 5.41) is 21.1. The van der Waals surface area contributed by atoms with Gasteiger partial charge in [0.1, 0.15) is 11.5 Å². The molecule has 6 nitrogen and oxygen atoms in total. The van der Waals surface area contributed by atoms with Gasteiger partial charge in [-0.1, -0.05) is 0 Å². The van der Waals surface area contributed by atoms with Crippen molar-refractivity contribution in [3.63, 3.8) is 0 Å². The number of phenols is 2. The summed E-state index contributed by atoms with van der Waals surface area (Å²) in [5.74, 6) is -0.641. The number of hydrogen-bond acceptors (Lipinski definition) is 5. The molecule has 0 aliphatic carbocycles. The van der Waals surface area contributed by atoms with Crippen molar-refractivity contribution in [2.24, 2.45) is 5.73 Å². The van der Waals surface area contributed by atoms with E-state index in [-0.39, 0.29) is 23.0 Å². The van der Waals surface area contributed by atoms with Crippen LogP contribution >= 0.6 is 0 Å². The molecule has 1 aromatic carbocycles. The molecule has 0 atom stereocenters. The summed E-state index contributed by atoms with van der Waals surface area (Å²) in [6.07, 6.45) is 0.677. The van der Waals surface area contributed by atoms with E-state index in [9.17, 15) is 15.0 Å². The molecule has 0 saturated carbocycles. The summed E-state index contributed by atoms with van der Waals surface area (Å²) in [4.78, 5) is 11.6. The van der Waals surface area contributed by atoms with Crippen LogP contribution < -0.4 is 11.1 Å². The van der Waals surface area contributed by atoms with Crippen LogP contribution in [-0.4, -0.2) is 42.4 Å². The smallest absolute Gasteiger partial charge is 0.251 e. The molecular weight excluding hydrogens is 236 g/mol. The second-order valence-electron chi connectivity index (χ2n) is 3.75. The number of carbonyl (C=O) groups is 1. The first-order valence-electron chi connectivity index (χ1n) is 5.72. The maximum absolute atomic E-state index is 11.6. The van der Waals surface area contributed by atoms with Crippen molar-refractivity contribution >= 4 is 5.91 Å². The summed E-state index contributed by atoms with van der Waals surface area (Å²) < 4.78 is 5.15. The normalized spacial score (nSPS) is 10.3. The molecule has 0 unspecified atom stereocenters. The second kappa shape index (κ2) is 7.52. The van der Waals surface area contributed by atoms with Crippen molar-refractivity contribution in [3.05, 3.63) is 23.8 Å². The zero-order valence-corrected chi connectivity index (χ0v) is 10.1. The van der Waals surface area contributed by atoms with E-state index in [0.29, 0.717) is 32.7 Å². The molecule has 1 amide bonds. The first-order chi connectivity index (χ1) is 8.63. The molecule has 6 heteroatoms. The second-order valence-corrected chi connectivity index (χ2v) is 3.75. The Bertz CT molecular complexity index is 375. The fourth-order valence-corrected chi connectivity index (χ4v) is 1.39. The lowest BCUT2D eigenvalue weighted by Gasteiger charge is -2.06. The predicted octanol–water partition coefficient (Wildman–Crippen LogP) is 0.193. The number of benzene rings is 1. The van der Waals surface area contributed by atoms with Crippen LogP contribution in [0.1, 0.15) is 16.8 Å². The molecule has 1 aromatic rings. The van der Waals surface area contributed by atoms with Gasteiger partial charge in [-0.05, 0) is 18.6 Å². The van der Waals surface area contributed by atoms with Gasteiger partial charge in [-0.2, -0.15) is 0 Å². The molecule has 0 aliphatic heterocycles. The van der Waals surface area contributed by atoms with Crippen LogP contribution in [0.5, 0.6) is 11.5 Å². The molecular formula is C12H18N2O4. The molecule has 0 bridgehead atoms. The van der Waals surface area contributed by atoms with Crippen LogP contribution in [0.4, 0.5) is 0 Å². The first kappa shape index (κ1) is 14.3. The van der Waals surface area contributed by atoms with E-state index >= 15 is 0 Å². The summed E-state index contributed by atoms with van der Waals surface area (Å²) in [6.45, 7) is 1.98. The Morgan fingerprint density at radius 1 is 1.22 bits per heavy atom. The zero-order chi connectivity index (χ0) is 13.4. The van der Waals surface area contributed by atoms with Crippen LogP contribution in [0.2, 0.25) is 0 Å². The highest BCUT2D eigenvalue weighted by molar-refractivity contribution is 5.94. The SMILES string of the molecule is NCCOCCCNC(=O)c1cc(O)cc(O)c1. The number of nitrogens with one attached hydrogen (secondary N) is 1. The van der Waals surface area contributed by atoms with Crippen molar-refractivity contribution in [1.29, 1.82) is 0 Å². The standard InChI is InChI=1S/C12H18N2O4/c13-2-5-18-4-1-3-14-12(17)9-6-10(15)8-11(16)7-9/h6-8,15-16H,1-5,13H2,(H,14,17). The molecule has 0 fully saturated rings. The molecule has 0 heterocycles. The Morgan fingerprint density at radius 3 is 2.50 bits per heavy atom. The average molecular weight is 254 g/mol. The van der Waals surface area contributed by atoms with Gasteiger partial charge in [0.15, 0.2) is 0 Å². The Balaban J connectivity index is 2.32. The van der Waals surface area contributed by atoms with Gasteiger partial charge in [0.25, 0.3) is 5.91 Å². The van der Waals surface area contributed by atoms with Crippen molar-refractivity contribution in [2.45, 2.75) is 6.42 Å². The topological polar surface area (TPSA) is 105 Å². The van der Waals surface area contributed by atoms with E-state index in [1.165, 1.54) is 12.1 Å². The predicted molar refractivity (Wildman–Crippen MR) is 66.6 cm³/mol. The maximum atomic E-state index is 11.6.